The molecule has 7 aromatic rings. The first-order chi connectivity index (χ1) is 23.2. The predicted octanol–water partition coefficient (Wildman–Crippen LogP) is 11.0. The summed E-state index contributed by atoms with van der Waals surface area (Å²) in [6, 6.07) is 42.0. The minimum absolute atomic E-state index is 0.161. The van der Waals surface area contributed by atoms with E-state index < -0.39 is 0 Å². The van der Waals surface area contributed by atoms with Gasteiger partial charge in [0.2, 0.25) is 0 Å². The lowest BCUT2D eigenvalue weighted by atomic mass is 9.43. The first-order valence-electron chi connectivity index (χ1n) is 17.2. The molecular weight excluding hydrogens is 591 g/mol. The Kier molecular flexibility index (Phi) is 5.44. The number of fused-ring (bicyclic) bond motifs is 6. The quantitative estimate of drug-likeness (QED) is 0.197. The van der Waals surface area contributed by atoms with Crippen LogP contribution < -0.4 is 0 Å². The van der Waals surface area contributed by atoms with E-state index in [2.05, 4.69) is 109 Å². The van der Waals surface area contributed by atoms with Gasteiger partial charge in [-0.15, -0.1) is 11.3 Å². The minimum atomic E-state index is 0.161. The Hall–Kier alpha value is -4.67. The normalized spacial score (nSPS) is 25.1. The lowest BCUT2D eigenvalue weighted by Crippen LogP contribution is -2.55. The van der Waals surface area contributed by atoms with Gasteiger partial charge in [0.15, 0.2) is 17.5 Å². The molecule has 12 rings (SSSR count). The van der Waals surface area contributed by atoms with Crippen LogP contribution >= 0.6 is 11.3 Å². The number of hydrogen-bond donors (Lipinski definition) is 0. The highest BCUT2D eigenvalue weighted by atomic mass is 32.1. The highest BCUT2D eigenvalue weighted by Crippen LogP contribution is 2.69. The largest absolute Gasteiger partial charge is 0.208 e. The van der Waals surface area contributed by atoms with E-state index in [9.17, 15) is 0 Å². The monoisotopic (exact) mass is 623 g/mol. The number of benzene rings is 5. The maximum absolute atomic E-state index is 5.26. The van der Waals surface area contributed by atoms with Crippen molar-refractivity contribution in [2.75, 3.05) is 0 Å². The molecule has 4 saturated carbocycles. The van der Waals surface area contributed by atoms with Crippen molar-refractivity contribution in [1.29, 1.82) is 0 Å². The number of rotatable bonds is 3. The Morgan fingerprint density at radius 2 is 1.13 bits per heavy atom. The molecule has 5 aliphatic rings. The molecule has 0 unspecified atom stereocenters. The lowest BCUT2D eigenvalue weighted by molar-refractivity contribution is -0.0399. The number of nitrogens with zero attached hydrogens (tertiary/aromatic N) is 3. The van der Waals surface area contributed by atoms with Gasteiger partial charge in [-0.05, 0) is 96.2 Å². The van der Waals surface area contributed by atoms with Gasteiger partial charge in [-0.2, -0.15) is 0 Å². The number of thiophene rings is 1. The molecule has 2 heterocycles. The molecule has 0 saturated heterocycles. The van der Waals surface area contributed by atoms with Crippen molar-refractivity contribution >= 4 is 31.5 Å². The Bertz CT molecular complexity index is 2360. The van der Waals surface area contributed by atoms with E-state index in [0.29, 0.717) is 5.82 Å². The van der Waals surface area contributed by atoms with E-state index in [0.717, 1.165) is 52.0 Å². The molecule has 0 atom stereocenters. The summed E-state index contributed by atoms with van der Waals surface area (Å²) in [4.78, 5) is 15.6. The van der Waals surface area contributed by atoms with Crippen LogP contribution in [0.3, 0.4) is 0 Å². The van der Waals surface area contributed by atoms with E-state index in [4.69, 9.17) is 15.0 Å². The molecule has 226 valence electrons. The van der Waals surface area contributed by atoms with Crippen LogP contribution in [0.4, 0.5) is 0 Å². The van der Waals surface area contributed by atoms with Crippen LogP contribution in [0.2, 0.25) is 0 Å². The first kappa shape index (κ1) is 26.4. The molecule has 0 N–H and O–H groups in total. The highest BCUT2D eigenvalue weighted by Gasteiger charge is 2.61. The van der Waals surface area contributed by atoms with Crippen molar-refractivity contribution in [2.45, 2.75) is 37.5 Å². The molecule has 4 fully saturated rings. The summed E-state index contributed by atoms with van der Waals surface area (Å²) in [5, 5.41) is 2.53. The van der Waals surface area contributed by atoms with E-state index in [-0.39, 0.29) is 5.41 Å². The summed E-state index contributed by atoms with van der Waals surface area (Å²) in [6.07, 6.45) is 7.04. The molecule has 0 radical (unpaired) electrons. The van der Waals surface area contributed by atoms with Crippen LogP contribution in [0.1, 0.15) is 43.2 Å². The van der Waals surface area contributed by atoms with Gasteiger partial charge >= 0.3 is 0 Å². The average molecular weight is 624 g/mol. The second-order valence-corrected chi connectivity index (χ2v) is 15.5. The van der Waals surface area contributed by atoms with Crippen molar-refractivity contribution in [3.05, 3.63) is 126 Å². The molecule has 1 spiro atoms. The average Bonchev–Trinajstić information content (AvgIpc) is 3.64. The van der Waals surface area contributed by atoms with Gasteiger partial charge in [-0.25, -0.2) is 15.0 Å². The summed E-state index contributed by atoms with van der Waals surface area (Å²) < 4.78 is 2.50. The van der Waals surface area contributed by atoms with Gasteiger partial charge in [0.25, 0.3) is 0 Å². The Balaban J connectivity index is 1.12. The SMILES string of the molecule is c1ccc(-c2nc(-c3ccc4c(c3)-c3ccccc3C43C4CC5CC(C4)CC3C5)nc(-c3cccc4c3sc3ccccc34)n2)cc1. The van der Waals surface area contributed by atoms with Crippen LogP contribution in [0.25, 0.3) is 65.5 Å². The van der Waals surface area contributed by atoms with Crippen LogP contribution in [0, 0.1) is 23.7 Å². The Morgan fingerprint density at radius 3 is 1.96 bits per heavy atom. The molecule has 5 aromatic carbocycles. The van der Waals surface area contributed by atoms with Crippen molar-refractivity contribution < 1.29 is 0 Å². The highest BCUT2D eigenvalue weighted by molar-refractivity contribution is 7.26. The fraction of sp³-hybridized carbons (Fsp3) is 0.233. The third-order valence-electron chi connectivity index (χ3n) is 12.1. The molecular formula is C43H33N3S. The van der Waals surface area contributed by atoms with Crippen molar-refractivity contribution in [1.82, 2.24) is 15.0 Å². The Labute approximate surface area is 278 Å². The lowest BCUT2D eigenvalue weighted by Gasteiger charge is -2.61. The zero-order valence-corrected chi connectivity index (χ0v) is 26.9. The molecule has 5 aliphatic carbocycles. The van der Waals surface area contributed by atoms with E-state index in [1.54, 1.807) is 11.1 Å². The molecule has 4 heteroatoms. The van der Waals surface area contributed by atoms with Crippen molar-refractivity contribution in [2.24, 2.45) is 23.7 Å². The van der Waals surface area contributed by atoms with E-state index in [1.165, 1.54) is 63.4 Å². The maximum Gasteiger partial charge on any atom is 0.165 e. The molecule has 47 heavy (non-hydrogen) atoms. The molecule has 0 amide bonds. The van der Waals surface area contributed by atoms with Gasteiger partial charge in [0.1, 0.15) is 0 Å². The molecule has 2 aromatic heterocycles. The second kappa shape index (κ2) is 9.68. The van der Waals surface area contributed by atoms with Crippen LogP contribution in [-0.2, 0) is 5.41 Å². The minimum Gasteiger partial charge on any atom is -0.208 e. The zero-order chi connectivity index (χ0) is 30.7. The smallest absolute Gasteiger partial charge is 0.165 e. The summed E-state index contributed by atoms with van der Waals surface area (Å²) in [7, 11) is 0. The summed E-state index contributed by atoms with van der Waals surface area (Å²) in [5.41, 5.74) is 9.23. The van der Waals surface area contributed by atoms with Crippen molar-refractivity contribution in [3.8, 4) is 45.3 Å². The first-order valence-corrected chi connectivity index (χ1v) is 18.0. The van der Waals surface area contributed by atoms with E-state index >= 15 is 0 Å². The Morgan fingerprint density at radius 1 is 0.489 bits per heavy atom. The fourth-order valence-electron chi connectivity index (χ4n) is 10.6. The predicted molar refractivity (Wildman–Crippen MR) is 192 cm³/mol. The van der Waals surface area contributed by atoms with Crippen molar-refractivity contribution in [3.63, 3.8) is 0 Å². The molecule has 3 nitrogen and oxygen atoms in total. The number of hydrogen-bond acceptors (Lipinski definition) is 4. The molecule has 0 aliphatic heterocycles. The topological polar surface area (TPSA) is 38.7 Å². The van der Waals surface area contributed by atoms with Crippen LogP contribution in [0.15, 0.2) is 115 Å². The summed E-state index contributed by atoms with van der Waals surface area (Å²) >= 11 is 1.82. The van der Waals surface area contributed by atoms with E-state index in [1.807, 2.05) is 17.4 Å². The van der Waals surface area contributed by atoms with Gasteiger partial charge < -0.3 is 0 Å². The fourth-order valence-corrected chi connectivity index (χ4v) is 11.8. The molecule has 4 bridgehead atoms. The third-order valence-corrected chi connectivity index (χ3v) is 13.3. The summed E-state index contributed by atoms with van der Waals surface area (Å²) in [5.74, 6) is 5.54. The second-order valence-electron chi connectivity index (χ2n) is 14.4. The van der Waals surface area contributed by atoms with Gasteiger partial charge in [-0.1, -0.05) is 97.1 Å². The summed E-state index contributed by atoms with van der Waals surface area (Å²) in [6.45, 7) is 0. The number of aromatic nitrogens is 3. The maximum atomic E-state index is 5.26. The van der Waals surface area contributed by atoms with Crippen LogP contribution in [-0.4, -0.2) is 15.0 Å². The van der Waals surface area contributed by atoms with Gasteiger partial charge in [0.05, 0.1) is 0 Å². The van der Waals surface area contributed by atoms with Crippen LogP contribution in [0.5, 0.6) is 0 Å². The standard InChI is InChI=1S/C43H33N3S/c1-2-9-27(10-3-1)40-44-41(46-42(45-40)34-14-8-13-33-32-12-5-7-16-38(32)47-39(33)34)28-17-18-37-35(24-28)31-11-4-6-15-36(31)43(37)29-20-25-19-26(22-29)23-30(43)21-25/h1-18,24-26,29-30H,19-23H2. The third kappa shape index (κ3) is 3.65. The van der Waals surface area contributed by atoms with Gasteiger partial charge in [0, 0.05) is 42.3 Å². The zero-order valence-electron chi connectivity index (χ0n) is 26.1. The van der Waals surface area contributed by atoms with Gasteiger partial charge in [-0.3, -0.25) is 0 Å².